The number of nitrogens with zero attached hydrogens (tertiary/aromatic N) is 1. The minimum Gasteiger partial charge on any atom is -0.381 e. The van der Waals surface area contributed by atoms with Crippen molar-refractivity contribution < 1.29 is 27.5 Å². The second kappa shape index (κ2) is 11.8. The summed E-state index contributed by atoms with van der Waals surface area (Å²) in [5.41, 5.74) is 2.31. The number of nitrogens with one attached hydrogen (secondary N) is 1. The summed E-state index contributed by atoms with van der Waals surface area (Å²) in [5.74, 6) is 0.397. The molecule has 0 radical (unpaired) electrons. The summed E-state index contributed by atoms with van der Waals surface area (Å²) in [6, 6.07) is 14.7. The largest absolute Gasteiger partial charge is 0.381 e. The number of amides is 1. The SMILES string of the molecule is CC1CCN(C(=O)c2ccc(-c3cccc(NS(=O)(=O)C4CCOCC4)c3)cc2)CCCC(=O)C2(CC2)OC1. The number of benzene rings is 2. The van der Waals surface area contributed by atoms with Gasteiger partial charge in [-0.15, -0.1) is 0 Å². The number of sulfonamides is 1. The molecule has 2 aromatic rings. The number of carbonyl (C=O) groups excluding carboxylic acids is 2. The van der Waals surface area contributed by atoms with Crippen LogP contribution in [0.15, 0.2) is 48.5 Å². The van der Waals surface area contributed by atoms with Crippen molar-refractivity contribution in [3.8, 4) is 11.1 Å². The van der Waals surface area contributed by atoms with Crippen LogP contribution in [0, 0.1) is 5.92 Å². The number of hydrogen-bond acceptors (Lipinski definition) is 6. The lowest BCUT2D eigenvalue weighted by Crippen LogP contribution is -2.34. The lowest BCUT2D eigenvalue weighted by atomic mass is 10.0. The summed E-state index contributed by atoms with van der Waals surface area (Å²) in [7, 11) is -3.50. The van der Waals surface area contributed by atoms with Crippen molar-refractivity contribution in [1.82, 2.24) is 4.90 Å². The van der Waals surface area contributed by atoms with E-state index in [4.69, 9.17) is 9.47 Å². The standard InChI is InChI=1S/C30H38N2O6S/c1-22-11-17-32(16-3-6-28(33)30(14-15-30)38-21-22)29(34)24-9-7-23(8-10-24)25-4-2-5-26(20-25)31-39(35,36)27-12-18-37-19-13-27/h2,4-5,7-10,20,22,27,31H,3,6,11-19,21H2,1H3. The molecule has 1 spiro atoms. The Balaban J connectivity index is 1.25. The Bertz CT molecular complexity index is 1280. The molecule has 2 aromatic carbocycles. The zero-order chi connectivity index (χ0) is 27.5. The first kappa shape index (κ1) is 27.8. The van der Waals surface area contributed by atoms with Crippen LogP contribution in [-0.4, -0.2) is 68.8 Å². The molecule has 1 amide bonds. The van der Waals surface area contributed by atoms with Gasteiger partial charge in [-0.2, -0.15) is 0 Å². The first-order valence-electron chi connectivity index (χ1n) is 14.0. The fourth-order valence-electron chi connectivity index (χ4n) is 5.34. The molecule has 210 valence electrons. The minimum atomic E-state index is -3.50. The van der Waals surface area contributed by atoms with Gasteiger partial charge in [0.1, 0.15) is 5.60 Å². The van der Waals surface area contributed by atoms with Gasteiger partial charge in [0, 0.05) is 44.0 Å². The Morgan fingerprint density at radius 3 is 2.46 bits per heavy atom. The van der Waals surface area contributed by atoms with Crippen LogP contribution in [0.1, 0.15) is 62.2 Å². The number of carbonyl (C=O) groups is 2. The monoisotopic (exact) mass is 554 g/mol. The van der Waals surface area contributed by atoms with Gasteiger partial charge < -0.3 is 14.4 Å². The Labute approximate surface area is 231 Å². The van der Waals surface area contributed by atoms with E-state index in [2.05, 4.69) is 11.6 Å². The van der Waals surface area contributed by atoms with Gasteiger partial charge in [0.2, 0.25) is 10.0 Å². The van der Waals surface area contributed by atoms with E-state index in [-0.39, 0.29) is 17.6 Å². The van der Waals surface area contributed by atoms with Crippen LogP contribution in [0.3, 0.4) is 0 Å². The summed E-state index contributed by atoms with van der Waals surface area (Å²) < 4.78 is 39.7. The van der Waals surface area contributed by atoms with E-state index in [0.29, 0.717) is 69.8 Å². The molecule has 1 N–H and O–H groups in total. The van der Waals surface area contributed by atoms with Crippen molar-refractivity contribution in [2.24, 2.45) is 5.92 Å². The number of Topliss-reactive ketones (excluding diaryl/α,β-unsaturated/α-hetero) is 1. The van der Waals surface area contributed by atoms with Crippen molar-refractivity contribution in [2.75, 3.05) is 37.6 Å². The van der Waals surface area contributed by atoms with Gasteiger partial charge in [0.15, 0.2) is 5.78 Å². The van der Waals surface area contributed by atoms with Gasteiger partial charge in [0.25, 0.3) is 5.91 Å². The second-order valence-corrected chi connectivity index (χ2v) is 13.1. The maximum Gasteiger partial charge on any atom is 0.253 e. The molecule has 0 aromatic heterocycles. The molecule has 2 heterocycles. The van der Waals surface area contributed by atoms with Gasteiger partial charge >= 0.3 is 0 Å². The third-order valence-electron chi connectivity index (χ3n) is 8.06. The van der Waals surface area contributed by atoms with Crippen LogP contribution in [0.4, 0.5) is 5.69 Å². The van der Waals surface area contributed by atoms with Gasteiger partial charge in [0.05, 0.1) is 11.9 Å². The highest BCUT2D eigenvalue weighted by Gasteiger charge is 2.50. The molecule has 1 saturated carbocycles. The molecule has 1 aliphatic carbocycles. The predicted molar refractivity (Wildman–Crippen MR) is 150 cm³/mol. The number of rotatable bonds is 5. The number of hydrogen-bond donors (Lipinski definition) is 1. The van der Waals surface area contributed by atoms with Crippen LogP contribution in [0.25, 0.3) is 11.1 Å². The average Bonchev–Trinajstić information content (AvgIpc) is 3.75. The van der Waals surface area contributed by atoms with E-state index in [9.17, 15) is 18.0 Å². The molecule has 8 nitrogen and oxygen atoms in total. The van der Waals surface area contributed by atoms with E-state index in [1.807, 2.05) is 47.4 Å². The van der Waals surface area contributed by atoms with Crippen LogP contribution in [0.2, 0.25) is 0 Å². The quantitative estimate of drug-likeness (QED) is 0.577. The van der Waals surface area contributed by atoms with Crippen molar-refractivity contribution in [1.29, 1.82) is 0 Å². The number of anilines is 1. The van der Waals surface area contributed by atoms with E-state index < -0.39 is 20.9 Å². The molecule has 39 heavy (non-hydrogen) atoms. The zero-order valence-electron chi connectivity index (χ0n) is 22.6. The molecule has 9 heteroatoms. The lowest BCUT2D eigenvalue weighted by molar-refractivity contribution is -0.134. The molecule has 0 bridgehead atoms. The fourth-order valence-corrected chi connectivity index (χ4v) is 6.77. The normalized spacial score (nSPS) is 22.7. The summed E-state index contributed by atoms with van der Waals surface area (Å²) in [6.45, 7) is 4.74. The van der Waals surface area contributed by atoms with Gasteiger partial charge in [-0.05, 0) is 79.8 Å². The highest BCUT2D eigenvalue weighted by molar-refractivity contribution is 7.93. The van der Waals surface area contributed by atoms with Crippen molar-refractivity contribution in [3.05, 3.63) is 54.1 Å². The molecule has 3 aliphatic rings. The lowest BCUT2D eigenvalue weighted by Gasteiger charge is -2.24. The summed E-state index contributed by atoms with van der Waals surface area (Å²) >= 11 is 0. The van der Waals surface area contributed by atoms with Crippen LogP contribution >= 0.6 is 0 Å². The number of ether oxygens (including phenoxy) is 2. The Morgan fingerprint density at radius 1 is 1.00 bits per heavy atom. The highest BCUT2D eigenvalue weighted by atomic mass is 32.2. The van der Waals surface area contributed by atoms with Crippen molar-refractivity contribution >= 4 is 27.4 Å². The third-order valence-corrected chi connectivity index (χ3v) is 9.93. The maximum atomic E-state index is 13.4. The molecular formula is C30H38N2O6S. The van der Waals surface area contributed by atoms with Gasteiger partial charge in [-0.3, -0.25) is 14.3 Å². The third kappa shape index (κ3) is 6.70. The van der Waals surface area contributed by atoms with E-state index in [1.54, 1.807) is 6.07 Å². The predicted octanol–water partition coefficient (Wildman–Crippen LogP) is 4.65. The molecular weight excluding hydrogens is 516 g/mol. The minimum absolute atomic E-state index is 0.0412. The Kier molecular flexibility index (Phi) is 8.40. The Hall–Kier alpha value is -2.75. The fraction of sp³-hybridized carbons (Fsp3) is 0.533. The summed E-state index contributed by atoms with van der Waals surface area (Å²) in [6.07, 6.45) is 4.52. The molecule has 5 rings (SSSR count). The zero-order valence-corrected chi connectivity index (χ0v) is 23.4. The van der Waals surface area contributed by atoms with Crippen molar-refractivity contribution in [3.63, 3.8) is 0 Å². The second-order valence-electron chi connectivity index (χ2n) is 11.1. The van der Waals surface area contributed by atoms with E-state index in [1.165, 1.54) is 0 Å². The summed E-state index contributed by atoms with van der Waals surface area (Å²) in [4.78, 5) is 27.9. The van der Waals surface area contributed by atoms with Crippen LogP contribution in [0.5, 0.6) is 0 Å². The molecule has 2 aliphatic heterocycles. The average molecular weight is 555 g/mol. The molecule has 1 atom stereocenters. The highest BCUT2D eigenvalue weighted by Crippen LogP contribution is 2.42. The van der Waals surface area contributed by atoms with Gasteiger partial charge in [-0.1, -0.05) is 31.2 Å². The summed E-state index contributed by atoms with van der Waals surface area (Å²) in [5, 5.41) is -0.454. The first-order chi connectivity index (χ1) is 18.8. The van der Waals surface area contributed by atoms with Crippen LogP contribution < -0.4 is 4.72 Å². The van der Waals surface area contributed by atoms with Gasteiger partial charge in [-0.25, -0.2) is 8.42 Å². The van der Waals surface area contributed by atoms with E-state index in [0.717, 1.165) is 30.4 Å². The smallest absolute Gasteiger partial charge is 0.253 e. The first-order valence-corrected chi connectivity index (χ1v) is 15.6. The van der Waals surface area contributed by atoms with E-state index >= 15 is 0 Å². The molecule has 3 fully saturated rings. The Morgan fingerprint density at radius 2 is 1.74 bits per heavy atom. The van der Waals surface area contributed by atoms with Crippen molar-refractivity contribution in [2.45, 2.75) is 62.7 Å². The maximum absolute atomic E-state index is 13.4. The molecule has 1 unspecified atom stereocenters. The number of ketones is 1. The topological polar surface area (TPSA) is 102 Å². The molecule has 2 saturated heterocycles. The van der Waals surface area contributed by atoms with Crippen LogP contribution in [-0.2, 0) is 24.3 Å².